The Labute approximate surface area is 239 Å². The lowest BCUT2D eigenvalue weighted by molar-refractivity contribution is 0.0681. The summed E-state index contributed by atoms with van der Waals surface area (Å²) in [4.78, 5) is 27.5. The first kappa shape index (κ1) is 27.9. The van der Waals surface area contributed by atoms with Crippen LogP contribution >= 0.6 is 0 Å². The van der Waals surface area contributed by atoms with Gasteiger partial charge in [-0.1, -0.05) is 0 Å². The molecule has 0 bridgehead atoms. The van der Waals surface area contributed by atoms with Crippen LogP contribution in [0.4, 0.5) is 0 Å². The van der Waals surface area contributed by atoms with Crippen molar-refractivity contribution in [2.75, 3.05) is 33.4 Å². The zero-order valence-electron chi connectivity index (χ0n) is 23.1. The van der Waals surface area contributed by atoms with E-state index >= 15 is 0 Å². The Kier molecular flexibility index (Phi) is 8.92. The predicted molar refractivity (Wildman–Crippen MR) is 155 cm³/mol. The Balaban J connectivity index is 1.11. The van der Waals surface area contributed by atoms with E-state index in [-0.39, 0.29) is 11.8 Å². The minimum Gasteiger partial charge on any atom is -0.457 e. The zero-order chi connectivity index (χ0) is 28.6. The SMILES string of the molecule is COCCCNC(=O)c1ccc2nn(CC3CCN(C(=O)c4ccc(Oc5ccc(C#N)cc5)cc4)CC3)cc2c1. The number of likely N-dealkylation sites (tertiary alicyclic amines) is 1. The Morgan fingerprint density at radius 1 is 1.00 bits per heavy atom. The van der Waals surface area contributed by atoms with Crippen LogP contribution in [-0.2, 0) is 11.3 Å². The number of ether oxygens (including phenoxy) is 2. The lowest BCUT2D eigenvalue weighted by Crippen LogP contribution is -2.39. The van der Waals surface area contributed by atoms with Crippen molar-refractivity contribution in [2.24, 2.45) is 5.92 Å². The highest BCUT2D eigenvalue weighted by Gasteiger charge is 2.24. The van der Waals surface area contributed by atoms with Gasteiger partial charge in [-0.05, 0) is 91.9 Å². The van der Waals surface area contributed by atoms with Gasteiger partial charge >= 0.3 is 0 Å². The quantitative estimate of drug-likeness (QED) is 0.277. The number of nitrogens with zero attached hydrogens (tertiary/aromatic N) is 4. The van der Waals surface area contributed by atoms with Crippen molar-refractivity contribution in [1.82, 2.24) is 20.0 Å². The number of nitrogens with one attached hydrogen (secondary N) is 1. The van der Waals surface area contributed by atoms with Gasteiger partial charge in [0.25, 0.3) is 11.8 Å². The fraction of sp³-hybridized carbons (Fsp3) is 0.312. The van der Waals surface area contributed by atoms with Gasteiger partial charge in [0.15, 0.2) is 0 Å². The molecule has 1 N–H and O–H groups in total. The predicted octanol–water partition coefficient (Wildman–Crippen LogP) is 5.02. The molecular weight excluding hydrogens is 518 g/mol. The Hall–Kier alpha value is -4.68. The van der Waals surface area contributed by atoms with E-state index in [9.17, 15) is 9.59 Å². The molecule has 1 aliphatic rings. The van der Waals surface area contributed by atoms with Gasteiger partial charge < -0.3 is 19.7 Å². The van der Waals surface area contributed by atoms with Gasteiger partial charge in [0.2, 0.25) is 0 Å². The lowest BCUT2D eigenvalue weighted by Gasteiger charge is -2.32. The van der Waals surface area contributed by atoms with Crippen LogP contribution in [0.15, 0.2) is 72.9 Å². The highest BCUT2D eigenvalue weighted by molar-refractivity contribution is 5.97. The van der Waals surface area contributed by atoms with Gasteiger partial charge in [-0.15, -0.1) is 0 Å². The Morgan fingerprint density at radius 2 is 1.68 bits per heavy atom. The third-order valence-electron chi connectivity index (χ3n) is 7.29. The first-order valence-corrected chi connectivity index (χ1v) is 13.8. The summed E-state index contributed by atoms with van der Waals surface area (Å²) in [5.74, 6) is 1.61. The minimum atomic E-state index is -0.0961. The molecule has 5 rings (SSSR count). The molecule has 9 nitrogen and oxygen atoms in total. The highest BCUT2D eigenvalue weighted by atomic mass is 16.5. The first-order valence-electron chi connectivity index (χ1n) is 13.8. The topological polar surface area (TPSA) is 109 Å². The molecule has 0 aliphatic carbocycles. The molecule has 1 aromatic heterocycles. The lowest BCUT2D eigenvalue weighted by atomic mass is 9.96. The molecule has 0 atom stereocenters. The third kappa shape index (κ3) is 7.10. The number of hydrogen-bond acceptors (Lipinski definition) is 6. The van der Waals surface area contributed by atoms with Gasteiger partial charge in [-0.2, -0.15) is 10.4 Å². The fourth-order valence-corrected chi connectivity index (χ4v) is 5.00. The highest BCUT2D eigenvalue weighted by Crippen LogP contribution is 2.25. The number of methoxy groups -OCH3 is 1. The number of piperidine rings is 1. The number of fused-ring (bicyclic) bond motifs is 1. The summed E-state index contributed by atoms with van der Waals surface area (Å²) in [5, 5.41) is 17.5. The fourth-order valence-electron chi connectivity index (χ4n) is 5.00. The summed E-state index contributed by atoms with van der Waals surface area (Å²) in [6.07, 6.45) is 4.57. The van der Waals surface area contributed by atoms with E-state index in [1.165, 1.54) is 0 Å². The molecule has 3 aromatic carbocycles. The summed E-state index contributed by atoms with van der Waals surface area (Å²) in [6.45, 7) is 3.35. The van der Waals surface area contributed by atoms with Crippen molar-refractivity contribution < 1.29 is 19.1 Å². The van der Waals surface area contributed by atoms with E-state index in [0.717, 1.165) is 36.7 Å². The molecular formula is C32H33N5O4. The summed E-state index contributed by atoms with van der Waals surface area (Å²) in [6, 6.07) is 21.7. The third-order valence-corrected chi connectivity index (χ3v) is 7.29. The molecule has 0 radical (unpaired) electrons. The van der Waals surface area contributed by atoms with Crippen LogP contribution in [0.25, 0.3) is 10.9 Å². The number of carbonyl (C=O) groups is 2. The average molecular weight is 552 g/mol. The number of benzene rings is 3. The molecule has 1 saturated heterocycles. The monoisotopic (exact) mass is 551 g/mol. The van der Waals surface area contributed by atoms with E-state index in [2.05, 4.69) is 11.4 Å². The largest absolute Gasteiger partial charge is 0.457 e. The van der Waals surface area contributed by atoms with Crippen LogP contribution in [-0.4, -0.2) is 59.8 Å². The Morgan fingerprint density at radius 3 is 2.37 bits per heavy atom. The van der Waals surface area contributed by atoms with Gasteiger partial charge in [-0.25, -0.2) is 0 Å². The molecule has 41 heavy (non-hydrogen) atoms. The summed E-state index contributed by atoms with van der Waals surface area (Å²) < 4.78 is 12.8. The van der Waals surface area contributed by atoms with Crippen LogP contribution < -0.4 is 10.1 Å². The normalized spacial score (nSPS) is 13.6. The molecule has 2 amide bonds. The van der Waals surface area contributed by atoms with Crippen LogP contribution in [0.1, 0.15) is 45.5 Å². The standard InChI is InChI=1S/C32H33N5O4/c1-40-18-2-15-34-31(38)26-7-12-30-27(19-26)22-37(35-30)21-24-13-16-36(17-14-24)32(39)25-5-10-29(11-6-25)41-28-8-3-23(20-33)4-9-28/h3-12,19,22,24H,2,13-18,21H2,1H3,(H,34,38). The number of hydrogen-bond donors (Lipinski definition) is 1. The summed E-state index contributed by atoms with van der Waals surface area (Å²) >= 11 is 0. The molecule has 0 spiro atoms. The summed E-state index contributed by atoms with van der Waals surface area (Å²) in [5.41, 5.74) is 2.69. The number of aromatic nitrogens is 2. The zero-order valence-corrected chi connectivity index (χ0v) is 23.1. The molecule has 1 aliphatic heterocycles. The number of rotatable bonds is 10. The van der Waals surface area contributed by atoms with Crippen LogP contribution in [0.3, 0.4) is 0 Å². The smallest absolute Gasteiger partial charge is 0.253 e. The molecule has 1 fully saturated rings. The van der Waals surface area contributed by atoms with Crippen LogP contribution in [0.5, 0.6) is 11.5 Å². The minimum absolute atomic E-state index is 0.0197. The maximum Gasteiger partial charge on any atom is 0.253 e. The first-order chi connectivity index (χ1) is 20.0. The van der Waals surface area contributed by atoms with Crippen LogP contribution in [0, 0.1) is 17.2 Å². The van der Waals surface area contributed by atoms with Gasteiger partial charge in [-0.3, -0.25) is 14.3 Å². The van der Waals surface area contributed by atoms with Gasteiger partial charge in [0.1, 0.15) is 11.5 Å². The van der Waals surface area contributed by atoms with E-state index in [1.807, 2.05) is 27.9 Å². The second-order valence-corrected chi connectivity index (χ2v) is 10.2. The van der Waals surface area contributed by atoms with E-state index in [4.69, 9.17) is 19.8 Å². The van der Waals surface area contributed by atoms with E-state index < -0.39 is 0 Å². The van der Waals surface area contributed by atoms with Gasteiger partial charge in [0.05, 0.1) is 17.1 Å². The maximum absolute atomic E-state index is 13.1. The second kappa shape index (κ2) is 13.1. The average Bonchev–Trinajstić information content (AvgIpc) is 3.41. The Bertz CT molecular complexity index is 1530. The maximum atomic E-state index is 13.1. The van der Waals surface area contributed by atoms with Crippen LogP contribution in [0.2, 0.25) is 0 Å². The van der Waals surface area contributed by atoms with E-state index in [0.29, 0.717) is 60.3 Å². The molecule has 4 aromatic rings. The molecule has 2 heterocycles. The molecule has 210 valence electrons. The second-order valence-electron chi connectivity index (χ2n) is 10.2. The number of carbonyl (C=O) groups excluding carboxylic acids is 2. The van der Waals surface area contributed by atoms with Crippen molar-refractivity contribution in [2.45, 2.75) is 25.8 Å². The van der Waals surface area contributed by atoms with Crippen molar-refractivity contribution >= 4 is 22.7 Å². The van der Waals surface area contributed by atoms with Crippen molar-refractivity contribution in [3.05, 3.63) is 89.6 Å². The molecule has 0 unspecified atom stereocenters. The van der Waals surface area contributed by atoms with Gasteiger partial charge in [0, 0.05) is 62.6 Å². The van der Waals surface area contributed by atoms with Crippen molar-refractivity contribution in [3.8, 4) is 17.6 Å². The molecule has 9 heteroatoms. The molecule has 0 saturated carbocycles. The number of amides is 2. The van der Waals surface area contributed by atoms with Crippen molar-refractivity contribution in [3.63, 3.8) is 0 Å². The van der Waals surface area contributed by atoms with E-state index in [1.54, 1.807) is 61.7 Å². The van der Waals surface area contributed by atoms with Crippen molar-refractivity contribution in [1.29, 1.82) is 5.26 Å². The summed E-state index contributed by atoms with van der Waals surface area (Å²) in [7, 11) is 1.65. The number of nitriles is 1.